The van der Waals surface area contributed by atoms with E-state index < -0.39 is 0 Å². The molecule has 1 aliphatic carbocycles. The monoisotopic (exact) mass is 694 g/mol. The van der Waals surface area contributed by atoms with Gasteiger partial charge >= 0.3 is 11.9 Å². The highest BCUT2D eigenvalue weighted by atomic mass is 16.5. The molecule has 0 radical (unpaired) electrons. The van der Waals surface area contributed by atoms with Crippen LogP contribution >= 0.6 is 0 Å². The molecule has 0 atom stereocenters. The molecule has 0 spiro atoms. The minimum atomic E-state index is -0.328. The SMILES string of the molecule is CCCc1c2c(c(CCC)c(-c3ccccc3C(=O)OCC)c1-c1ccccc1C(=O)OCC)Cc1c(c(CCC)c3ccccc3c1CCC)C2. The summed E-state index contributed by atoms with van der Waals surface area (Å²) in [5.41, 5.74) is 16.3. The van der Waals surface area contributed by atoms with Crippen molar-refractivity contribution in [3.05, 3.63) is 128 Å². The number of rotatable bonds is 14. The van der Waals surface area contributed by atoms with Crippen LogP contribution in [-0.4, -0.2) is 25.2 Å². The minimum Gasteiger partial charge on any atom is -0.462 e. The molecule has 0 saturated carbocycles. The number of benzene rings is 5. The molecule has 0 aliphatic heterocycles. The van der Waals surface area contributed by atoms with Gasteiger partial charge in [0, 0.05) is 0 Å². The average Bonchev–Trinajstić information content (AvgIpc) is 3.16. The lowest BCUT2D eigenvalue weighted by atomic mass is 9.70. The molecule has 0 N–H and O–H groups in total. The number of carbonyl (C=O) groups is 2. The minimum absolute atomic E-state index is 0.295. The summed E-state index contributed by atoms with van der Waals surface area (Å²) in [6.07, 6.45) is 9.57. The Morgan fingerprint density at radius 2 is 0.788 bits per heavy atom. The predicted octanol–water partition coefficient (Wildman–Crippen LogP) is 11.8. The van der Waals surface area contributed by atoms with Crippen LogP contribution in [0.2, 0.25) is 0 Å². The molecule has 0 aromatic heterocycles. The van der Waals surface area contributed by atoms with Crippen molar-refractivity contribution < 1.29 is 19.1 Å². The Bertz CT molecular complexity index is 1950. The first-order valence-corrected chi connectivity index (χ1v) is 19.7. The van der Waals surface area contributed by atoms with Gasteiger partial charge in [-0.15, -0.1) is 0 Å². The molecule has 4 nitrogen and oxygen atoms in total. The Morgan fingerprint density at radius 3 is 1.15 bits per heavy atom. The first-order chi connectivity index (χ1) is 25.4. The Kier molecular flexibility index (Phi) is 11.9. The molecule has 1 aliphatic rings. The standard InChI is InChI=1S/C48H54O4/c1-7-19-31-33-23-13-14-24-34(33)32(20-8-2)42-30-44-36(22-10-4)46(38-26-16-18-28-40(38)48(50)52-12-6)45(35(21-9-3)43(44)29-41(31)42)37-25-15-17-27-39(37)47(49)51-11-5/h13-18,23-28H,7-12,19-22,29-30H2,1-6H3. The molecule has 6 rings (SSSR count). The molecular formula is C48H54O4. The maximum Gasteiger partial charge on any atom is 0.338 e. The number of hydrogen-bond acceptors (Lipinski definition) is 4. The zero-order valence-corrected chi connectivity index (χ0v) is 32.0. The first-order valence-electron chi connectivity index (χ1n) is 19.7. The second kappa shape index (κ2) is 16.8. The smallest absolute Gasteiger partial charge is 0.338 e. The summed E-state index contributed by atoms with van der Waals surface area (Å²) < 4.78 is 11.3. The van der Waals surface area contributed by atoms with E-state index in [1.54, 1.807) is 0 Å². The van der Waals surface area contributed by atoms with Gasteiger partial charge in [-0.1, -0.05) is 114 Å². The van der Waals surface area contributed by atoms with E-state index in [9.17, 15) is 9.59 Å². The van der Waals surface area contributed by atoms with Crippen LogP contribution in [0.3, 0.4) is 0 Å². The maximum absolute atomic E-state index is 13.7. The Balaban J connectivity index is 1.80. The summed E-state index contributed by atoms with van der Waals surface area (Å²) in [7, 11) is 0. The molecule has 0 saturated heterocycles. The van der Waals surface area contributed by atoms with Crippen molar-refractivity contribution in [2.24, 2.45) is 0 Å². The summed E-state index contributed by atoms with van der Waals surface area (Å²) in [4.78, 5) is 27.4. The Hall–Kier alpha value is -4.70. The molecule has 5 aromatic rings. The number of aryl methyl sites for hydroxylation is 2. The second-order valence-electron chi connectivity index (χ2n) is 14.0. The quantitative estimate of drug-likeness (QED) is 0.107. The van der Waals surface area contributed by atoms with Gasteiger partial charge < -0.3 is 9.47 Å². The van der Waals surface area contributed by atoms with E-state index in [1.807, 2.05) is 50.2 Å². The molecule has 270 valence electrons. The second-order valence-corrected chi connectivity index (χ2v) is 14.0. The van der Waals surface area contributed by atoms with Crippen LogP contribution in [0.1, 0.15) is 132 Å². The van der Waals surface area contributed by atoms with E-state index in [2.05, 4.69) is 64.1 Å². The van der Waals surface area contributed by atoms with E-state index in [-0.39, 0.29) is 11.9 Å². The van der Waals surface area contributed by atoms with Crippen molar-refractivity contribution in [1.82, 2.24) is 0 Å². The summed E-state index contributed by atoms with van der Waals surface area (Å²) in [6.45, 7) is 13.4. The van der Waals surface area contributed by atoms with Gasteiger partial charge in [-0.25, -0.2) is 9.59 Å². The molecule has 52 heavy (non-hydrogen) atoms. The van der Waals surface area contributed by atoms with Crippen LogP contribution in [0.5, 0.6) is 0 Å². The third-order valence-corrected chi connectivity index (χ3v) is 10.7. The third-order valence-electron chi connectivity index (χ3n) is 10.7. The van der Waals surface area contributed by atoms with Crippen molar-refractivity contribution in [1.29, 1.82) is 0 Å². The number of fused-ring (bicyclic) bond motifs is 3. The van der Waals surface area contributed by atoms with E-state index in [1.165, 1.54) is 55.3 Å². The fraction of sp³-hybridized carbons (Fsp3) is 0.375. The zero-order chi connectivity index (χ0) is 36.8. The fourth-order valence-electron chi connectivity index (χ4n) is 8.77. The number of hydrogen-bond donors (Lipinski definition) is 0. The number of esters is 2. The van der Waals surface area contributed by atoms with Crippen LogP contribution < -0.4 is 0 Å². The van der Waals surface area contributed by atoms with E-state index in [0.717, 1.165) is 86.5 Å². The largest absolute Gasteiger partial charge is 0.462 e. The summed E-state index contributed by atoms with van der Waals surface area (Å²) in [6, 6.07) is 24.9. The van der Waals surface area contributed by atoms with E-state index in [4.69, 9.17) is 9.47 Å². The highest BCUT2D eigenvalue weighted by Crippen LogP contribution is 2.49. The van der Waals surface area contributed by atoms with Crippen LogP contribution in [-0.2, 0) is 48.0 Å². The lowest BCUT2D eigenvalue weighted by molar-refractivity contribution is 0.0517. The molecule has 0 unspecified atom stereocenters. The van der Waals surface area contributed by atoms with Gasteiger partial charge in [-0.3, -0.25) is 0 Å². The van der Waals surface area contributed by atoms with Gasteiger partial charge in [-0.05, 0) is 142 Å². The molecule has 0 amide bonds. The van der Waals surface area contributed by atoms with Crippen LogP contribution in [0.4, 0.5) is 0 Å². The lowest BCUT2D eigenvalue weighted by Gasteiger charge is -2.34. The summed E-state index contributed by atoms with van der Waals surface area (Å²) >= 11 is 0. The van der Waals surface area contributed by atoms with Gasteiger partial charge in [0.15, 0.2) is 0 Å². The number of carbonyl (C=O) groups excluding carboxylic acids is 2. The zero-order valence-electron chi connectivity index (χ0n) is 32.0. The molecule has 4 heteroatoms. The lowest BCUT2D eigenvalue weighted by Crippen LogP contribution is -2.20. The number of ether oxygens (including phenoxy) is 2. The normalized spacial score (nSPS) is 12.0. The molecule has 0 bridgehead atoms. The highest BCUT2D eigenvalue weighted by Gasteiger charge is 2.33. The summed E-state index contributed by atoms with van der Waals surface area (Å²) in [5, 5.41) is 2.79. The molecule has 0 heterocycles. The van der Waals surface area contributed by atoms with Gasteiger partial charge in [0.2, 0.25) is 0 Å². The molecule has 5 aromatic carbocycles. The van der Waals surface area contributed by atoms with E-state index >= 15 is 0 Å². The predicted molar refractivity (Wildman–Crippen MR) is 215 cm³/mol. The van der Waals surface area contributed by atoms with Crippen molar-refractivity contribution in [3.63, 3.8) is 0 Å². The topological polar surface area (TPSA) is 52.6 Å². The van der Waals surface area contributed by atoms with Crippen molar-refractivity contribution in [3.8, 4) is 22.3 Å². The Morgan fingerprint density at radius 1 is 0.462 bits per heavy atom. The third kappa shape index (κ3) is 6.80. The molecule has 0 fully saturated rings. The van der Waals surface area contributed by atoms with Gasteiger partial charge in [-0.2, -0.15) is 0 Å². The maximum atomic E-state index is 13.7. The first kappa shape index (κ1) is 37.1. The average molecular weight is 695 g/mol. The van der Waals surface area contributed by atoms with Crippen LogP contribution in [0.15, 0.2) is 72.8 Å². The Labute approximate surface area is 310 Å². The highest BCUT2D eigenvalue weighted by molar-refractivity contribution is 6.05. The van der Waals surface area contributed by atoms with Gasteiger partial charge in [0.05, 0.1) is 24.3 Å². The molecular weight excluding hydrogens is 641 g/mol. The van der Waals surface area contributed by atoms with Crippen LogP contribution in [0.25, 0.3) is 33.0 Å². The summed E-state index contributed by atoms with van der Waals surface area (Å²) in [5.74, 6) is -0.655. The van der Waals surface area contributed by atoms with E-state index in [0.29, 0.717) is 24.3 Å². The van der Waals surface area contributed by atoms with Gasteiger partial charge in [0.1, 0.15) is 0 Å². The van der Waals surface area contributed by atoms with Crippen molar-refractivity contribution >= 4 is 22.7 Å². The van der Waals surface area contributed by atoms with Crippen LogP contribution in [0, 0.1) is 0 Å². The fourth-order valence-corrected chi connectivity index (χ4v) is 8.77. The van der Waals surface area contributed by atoms with Crippen molar-refractivity contribution in [2.45, 2.75) is 106 Å². The van der Waals surface area contributed by atoms with Gasteiger partial charge in [0.25, 0.3) is 0 Å². The van der Waals surface area contributed by atoms with Crippen molar-refractivity contribution in [2.75, 3.05) is 13.2 Å².